The molecule has 2 atom stereocenters. The van der Waals surface area contributed by atoms with Crippen LogP contribution in [0.15, 0.2) is 6.20 Å². The molecule has 0 amide bonds. The summed E-state index contributed by atoms with van der Waals surface area (Å²) in [6, 6.07) is -0.273. The minimum Gasteiger partial charge on any atom is -0.308 e. The highest BCUT2D eigenvalue weighted by Crippen LogP contribution is 2.20. The van der Waals surface area contributed by atoms with E-state index in [4.69, 9.17) is 0 Å². The normalized spacial score (nSPS) is 15.8. The maximum atomic E-state index is 11.7. The van der Waals surface area contributed by atoms with Gasteiger partial charge in [-0.2, -0.15) is 0 Å². The summed E-state index contributed by atoms with van der Waals surface area (Å²) in [6.45, 7) is 4.50. The van der Waals surface area contributed by atoms with Crippen molar-refractivity contribution in [2.45, 2.75) is 31.6 Å². The second-order valence-electron chi connectivity index (χ2n) is 4.25. The van der Waals surface area contributed by atoms with Gasteiger partial charge in [0.05, 0.1) is 23.2 Å². The molecular formula is C10H20N4O2S. The minimum absolute atomic E-state index is 0.273. The summed E-state index contributed by atoms with van der Waals surface area (Å²) >= 11 is 0. The van der Waals surface area contributed by atoms with Gasteiger partial charge in [0.15, 0.2) is 9.84 Å². The van der Waals surface area contributed by atoms with Crippen molar-refractivity contribution in [1.82, 2.24) is 20.3 Å². The van der Waals surface area contributed by atoms with E-state index < -0.39 is 15.1 Å². The topological polar surface area (TPSA) is 76.9 Å². The highest BCUT2D eigenvalue weighted by atomic mass is 32.2. The van der Waals surface area contributed by atoms with Crippen LogP contribution in [-0.4, -0.2) is 41.5 Å². The molecule has 1 rings (SSSR count). The van der Waals surface area contributed by atoms with Crippen molar-refractivity contribution in [1.29, 1.82) is 0 Å². The van der Waals surface area contributed by atoms with Crippen LogP contribution in [-0.2, 0) is 16.9 Å². The fourth-order valence-electron chi connectivity index (χ4n) is 1.64. The molecule has 0 saturated carbocycles. The van der Waals surface area contributed by atoms with Gasteiger partial charge in [-0.1, -0.05) is 12.1 Å². The first kappa shape index (κ1) is 14.1. The molecule has 0 spiro atoms. The fraction of sp³-hybridized carbons (Fsp3) is 0.800. The fourth-order valence-corrected chi connectivity index (χ4v) is 2.37. The Morgan fingerprint density at radius 2 is 2.18 bits per heavy atom. The minimum atomic E-state index is -3.11. The summed E-state index contributed by atoms with van der Waals surface area (Å²) in [7, 11) is -1.34. The van der Waals surface area contributed by atoms with Crippen molar-refractivity contribution in [3.8, 4) is 0 Å². The van der Waals surface area contributed by atoms with Crippen molar-refractivity contribution in [3.05, 3.63) is 11.9 Å². The highest BCUT2D eigenvalue weighted by Gasteiger charge is 2.29. The molecule has 0 aliphatic carbocycles. The second kappa shape index (κ2) is 5.59. The quantitative estimate of drug-likeness (QED) is 0.795. The maximum absolute atomic E-state index is 11.7. The Labute approximate surface area is 102 Å². The van der Waals surface area contributed by atoms with Gasteiger partial charge in [0.25, 0.3) is 0 Å². The van der Waals surface area contributed by atoms with Crippen LogP contribution < -0.4 is 5.32 Å². The summed E-state index contributed by atoms with van der Waals surface area (Å²) in [5, 5.41) is 10.4. The van der Waals surface area contributed by atoms with Gasteiger partial charge in [-0.05, 0) is 19.9 Å². The van der Waals surface area contributed by atoms with E-state index in [9.17, 15) is 8.42 Å². The number of hydrogen-bond acceptors (Lipinski definition) is 5. The van der Waals surface area contributed by atoms with Crippen LogP contribution in [0.4, 0.5) is 0 Å². The average Bonchev–Trinajstić information content (AvgIpc) is 2.64. The summed E-state index contributed by atoms with van der Waals surface area (Å²) in [6.07, 6.45) is 3.80. The van der Waals surface area contributed by atoms with Crippen LogP contribution in [0.1, 0.15) is 32.0 Å². The van der Waals surface area contributed by atoms with Crippen LogP contribution >= 0.6 is 0 Å². The molecule has 0 aliphatic heterocycles. The first-order valence-electron chi connectivity index (χ1n) is 5.64. The van der Waals surface area contributed by atoms with Crippen LogP contribution in [0.5, 0.6) is 0 Å². The lowest BCUT2D eigenvalue weighted by molar-refractivity contribution is 0.472. The Morgan fingerprint density at radius 3 is 2.59 bits per heavy atom. The third kappa shape index (κ3) is 3.50. The number of aryl methyl sites for hydroxylation is 1. The van der Waals surface area contributed by atoms with Crippen molar-refractivity contribution in [3.63, 3.8) is 0 Å². The molecule has 1 heterocycles. The third-order valence-electron chi connectivity index (χ3n) is 2.83. The van der Waals surface area contributed by atoms with E-state index in [1.807, 2.05) is 6.92 Å². The van der Waals surface area contributed by atoms with E-state index in [-0.39, 0.29) is 6.04 Å². The van der Waals surface area contributed by atoms with Crippen LogP contribution in [0.2, 0.25) is 0 Å². The van der Waals surface area contributed by atoms with Gasteiger partial charge in [-0.3, -0.25) is 4.68 Å². The van der Waals surface area contributed by atoms with E-state index in [1.165, 1.54) is 6.26 Å². The summed E-state index contributed by atoms with van der Waals surface area (Å²) < 4.78 is 24.9. The summed E-state index contributed by atoms with van der Waals surface area (Å²) in [4.78, 5) is 0. The molecule has 0 bridgehead atoms. The molecule has 6 nitrogen and oxygen atoms in total. The zero-order valence-electron chi connectivity index (χ0n) is 10.7. The molecule has 1 aromatic heterocycles. The maximum Gasteiger partial charge on any atom is 0.151 e. The molecule has 1 aromatic rings. The van der Waals surface area contributed by atoms with Crippen molar-refractivity contribution >= 4 is 9.84 Å². The highest BCUT2D eigenvalue weighted by molar-refractivity contribution is 7.91. The first-order valence-corrected chi connectivity index (χ1v) is 7.60. The Kier molecular flexibility index (Phi) is 4.64. The van der Waals surface area contributed by atoms with Crippen LogP contribution in [0, 0.1) is 0 Å². The first-order chi connectivity index (χ1) is 7.88. The molecule has 0 aliphatic rings. The van der Waals surface area contributed by atoms with E-state index in [0.717, 1.165) is 18.7 Å². The Morgan fingerprint density at radius 1 is 1.53 bits per heavy atom. The molecule has 0 saturated heterocycles. The van der Waals surface area contributed by atoms with Gasteiger partial charge in [0, 0.05) is 13.3 Å². The van der Waals surface area contributed by atoms with E-state index >= 15 is 0 Å². The molecule has 0 radical (unpaired) electrons. The molecule has 7 heteroatoms. The number of aromatic nitrogens is 3. The van der Waals surface area contributed by atoms with Crippen molar-refractivity contribution < 1.29 is 8.42 Å². The Hall–Kier alpha value is -0.950. The van der Waals surface area contributed by atoms with E-state index in [2.05, 4.69) is 15.6 Å². The lowest BCUT2D eigenvalue weighted by atomic mass is 10.1. The number of hydrogen-bond donors (Lipinski definition) is 1. The van der Waals surface area contributed by atoms with Gasteiger partial charge in [0.2, 0.25) is 0 Å². The molecule has 1 N–H and O–H groups in total. The van der Waals surface area contributed by atoms with Gasteiger partial charge in [0.1, 0.15) is 0 Å². The summed E-state index contributed by atoms with van der Waals surface area (Å²) in [5.41, 5.74) is 0.788. The molecule has 0 fully saturated rings. The zero-order valence-corrected chi connectivity index (χ0v) is 11.5. The number of sulfone groups is 1. The Bertz CT molecular complexity index is 455. The average molecular weight is 260 g/mol. The predicted molar refractivity (Wildman–Crippen MR) is 66.3 cm³/mol. The lowest BCUT2D eigenvalue weighted by Crippen LogP contribution is -2.36. The molecule has 17 heavy (non-hydrogen) atoms. The number of nitrogens with one attached hydrogen (secondary N) is 1. The van der Waals surface area contributed by atoms with E-state index in [1.54, 1.807) is 24.9 Å². The van der Waals surface area contributed by atoms with Crippen LogP contribution in [0.25, 0.3) is 0 Å². The van der Waals surface area contributed by atoms with Gasteiger partial charge < -0.3 is 5.32 Å². The zero-order chi connectivity index (χ0) is 13.1. The van der Waals surface area contributed by atoms with Gasteiger partial charge in [-0.15, -0.1) is 5.10 Å². The number of rotatable bonds is 6. The standard InChI is InChI=1S/C10H20N4O2S/c1-5-6-11-10(8(2)17(4,15)16)9-7-12-13-14(9)3/h7-8,10-11H,5-6H2,1-4H3. The van der Waals surface area contributed by atoms with E-state index in [0.29, 0.717) is 0 Å². The lowest BCUT2D eigenvalue weighted by Gasteiger charge is -2.23. The predicted octanol–water partition coefficient (Wildman–Crippen LogP) is 0.289. The molecule has 0 aromatic carbocycles. The van der Waals surface area contributed by atoms with Gasteiger partial charge >= 0.3 is 0 Å². The molecule has 2 unspecified atom stereocenters. The second-order valence-corrected chi connectivity index (χ2v) is 6.65. The smallest absolute Gasteiger partial charge is 0.151 e. The monoisotopic (exact) mass is 260 g/mol. The van der Waals surface area contributed by atoms with Crippen molar-refractivity contribution in [2.75, 3.05) is 12.8 Å². The van der Waals surface area contributed by atoms with Crippen LogP contribution in [0.3, 0.4) is 0 Å². The molecular weight excluding hydrogens is 240 g/mol. The molecule has 98 valence electrons. The largest absolute Gasteiger partial charge is 0.308 e. The van der Waals surface area contributed by atoms with Crippen molar-refractivity contribution in [2.24, 2.45) is 7.05 Å². The third-order valence-corrected chi connectivity index (χ3v) is 4.45. The number of nitrogens with zero attached hydrogens (tertiary/aromatic N) is 3. The van der Waals surface area contributed by atoms with Gasteiger partial charge in [-0.25, -0.2) is 8.42 Å². The summed E-state index contributed by atoms with van der Waals surface area (Å²) in [5.74, 6) is 0. The SMILES string of the molecule is CCCNC(c1cnnn1C)C(C)S(C)(=O)=O. The Balaban J connectivity index is 3.00.